The molecule has 0 aliphatic carbocycles. The van der Waals surface area contributed by atoms with Gasteiger partial charge in [-0.15, -0.1) is 23.1 Å². The average Bonchev–Trinajstić information content (AvgIpc) is 3.47. The number of amides is 3. The van der Waals surface area contributed by atoms with E-state index in [1.165, 1.54) is 23.1 Å². The number of carbonyl (C=O) groups excluding carboxylic acids is 3. The van der Waals surface area contributed by atoms with Crippen molar-refractivity contribution >= 4 is 58.3 Å². The lowest BCUT2D eigenvalue weighted by Crippen LogP contribution is -2.30. The van der Waals surface area contributed by atoms with Gasteiger partial charge in [-0.3, -0.25) is 14.4 Å². The lowest BCUT2D eigenvalue weighted by Gasteiger charge is -2.12. The molecular formula is C30H27N3O4S2. The van der Waals surface area contributed by atoms with Gasteiger partial charge in [0.25, 0.3) is 11.8 Å². The average molecular weight is 558 g/mol. The van der Waals surface area contributed by atoms with Crippen molar-refractivity contribution in [2.45, 2.75) is 11.8 Å². The van der Waals surface area contributed by atoms with Gasteiger partial charge in [-0.1, -0.05) is 30.3 Å². The van der Waals surface area contributed by atoms with Crippen LogP contribution >= 0.6 is 23.1 Å². The minimum atomic E-state index is -0.455. The molecule has 4 rings (SSSR count). The minimum absolute atomic E-state index is 0.124. The highest BCUT2D eigenvalue weighted by molar-refractivity contribution is 8.00. The molecule has 9 heteroatoms. The number of thiophene rings is 1. The molecule has 4 aromatic rings. The SMILES string of the molecule is CCOc1ccc(NC(=O)CSc2cccc(NC(=O)/C(=C/c3cccs3)NC(=O)c3ccccc3)c2)cc1. The van der Waals surface area contributed by atoms with Gasteiger partial charge in [0.05, 0.1) is 12.4 Å². The lowest BCUT2D eigenvalue weighted by molar-refractivity contribution is -0.114. The molecule has 3 amide bonds. The maximum Gasteiger partial charge on any atom is 0.272 e. The van der Waals surface area contributed by atoms with Crippen LogP contribution in [0.1, 0.15) is 22.2 Å². The van der Waals surface area contributed by atoms with Crippen molar-refractivity contribution in [1.82, 2.24) is 5.32 Å². The number of ether oxygens (including phenoxy) is 1. The predicted molar refractivity (Wildman–Crippen MR) is 158 cm³/mol. The van der Waals surface area contributed by atoms with Gasteiger partial charge in [0.15, 0.2) is 0 Å². The molecule has 0 fully saturated rings. The van der Waals surface area contributed by atoms with Crippen LogP contribution in [0.25, 0.3) is 6.08 Å². The van der Waals surface area contributed by atoms with Crippen molar-refractivity contribution in [2.75, 3.05) is 23.0 Å². The maximum absolute atomic E-state index is 13.2. The Balaban J connectivity index is 1.38. The van der Waals surface area contributed by atoms with Crippen molar-refractivity contribution < 1.29 is 19.1 Å². The molecular weight excluding hydrogens is 530 g/mol. The summed E-state index contributed by atoms with van der Waals surface area (Å²) in [7, 11) is 0. The van der Waals surface area contributed by atoms with Crippen LogP contribution in [-0.4, -0.2) is 30.1 Å². The molecule has 0 unspecified atom stereocenters. The molecule has 0 spiro atoms. The molecule has 0 bridgehead atoms. The molecule has 1 aromatic heterocycles. The van der Waals surface area contributed by atoms with Crippen LogP contribution in [-0.2, 0) is 9.59 Å². The molecule has 0 saturated heterocycles. The Hall–Kier alpha value is -4.34. The van der Waals surface area contributed by atoms with Crippen LogP contribution in [0.3, 0.4) is 0 Å². The number of benzene rings is 3. The molecule has 198 valence electrons. The molecule has 0 aliphatic rings. The summed E-state index contributed by atoms with van der Waals surface area (Å²) in [5, 5.41) is 10.3. The molecule has 3 aromatic carbocycles. The van der Waals surface area contributed by atoms with Gasteiger partial charge in [0, 0.05) is 26.7 Å². The third-order valence-corrected chi connectivity index (χ3v) is 7.08. The number of nitrogens with one attached hydrogen (secondary N) is 3. The van der Waals surface area contributed by atoms with Crippen LogP contribution in [0.5, 0.6) is 5.75 Å². The number of thioether (sulfide) groups is 1. The van der Waals surface area contributed by atoms with Gasteiger partial charge < -0.3 is 20.7 Å². The third-order valence-electron chi connectivity index (χ3n) is 5.27. The summed E-state index contributed by atoms with van der Waals surface area (Å²) in [5.41, 5.74) is 1.80. The van der Waals surface area contributed by atoms with Gasteiger partial charge in [-0.25, -0.2) is 0 Å². The Morgan fingerprint density at radius 3 is 2.38 bits per heavy atom. The second-order valence-electron chi connectivity index (χ2n) is 8.17. The van der Waals surface area contributed by atoms with E-state index in [0.29, 0.717) is 23.5 Å². The van der Waals surface area contributed by atoms with E-state index in [2.05, 4.69) is 16.0 Å². The van der Waals surface area contributed by atoms with Crippen molar-refractivity contribution in [3.8, 4) is 5.75 Å². The Labute approximate surface area is 235 Å². The van der Waals surface area contributed by atoms with Crippen LogP contribution < -0.4 is 20.7 Å². The smallest absolute Gasteiger partial charge is 0.272 e. The monoisotopic (exact) mass is 557 g/mol. The van der Waals surface area contributed by atoms with Gasteiger partial charge in [0.2, 0.25) is 5.91 Å². The second-order valence-corrected chi connectivity index (χ2v) is 10.2. The molecule has 3 N–H and O–H groups in total. The summed E-state index contributed by atoms with van der Waals surface area (Å²) in [6.07, 6.45) is 1.64. The highest BCUT2D eigenvalue weighted by Crippen LogP contribution is 2.23. The van der Waals surface area contributed by atoms with E-state index < -0.39 is 5.91 Å². The standard InChI is InChI=1S/C30H27N3O4S2/c1-2-37-24-15-13-22(14-16-24)31-28(34)20-39-25-11-6-10-23(18-25)32-30(36)27(19-26-12-7-17-38-26)33-29(35)21-8-4-3-5-9-21/h3-19H,2,20H2,1H3,(H,31,34)(H,32,36)(H,33,35)/b27-19-. The van der Waals surface area contributed by atoms with Crippen molar-refractivity contribution in [2.24, 2.45) is 0 Å². The molecule has 1 heterocycles. The first-order valence-corrected chi connectivity index (χ1v) is 14.0. The Bertz CT molecular complexity index is 1440. The van der Waals surface area contributed by atoms with E-state index in [9.17, 15) is 14.4 Å². The molecule has 0 saturated carbocycles. The first-order chi connectivity index (χ1) is 19.0. The Morgan fingerprint density at radius 2 is 1.67 bits per heavy atom. The molecule has 39 heavy (non-hydrogen) atoms. The van der Waals surface area contributed by atoms with E-state index in [4.69, 9.17) is 4.74 Å². The largest absolute Gasteiger partial charge is 0.494 e. The zero-order chi connectivity index (χ0) is 27.5. The minimum Gasteiger partial charge on any atom is -0.494 e. The summed E-state index contributed by atoms with van der Waals surface area (Å²) in [6.45, 7) is 2.49. The Morgan fingerprint density at radius 1 is 0.872 bits per heavy atom. The molecule has 7 nitrogen and oxygen atoms in total. The lowest BCUT2D eigenvalue weighted by atomic mass is 10.2. The van der Waals surface area contributed by atoms with Gasteiger partial charge in [-0.2, -0.15) is 0 Å². The number of carbonyl (C=O) groups is 3. The van der Waals surface area contributed by atoms with Crippen LogP contribution in [0, 0.1) is 0 Å². The van der Waals surface area contributed by atoms with E-state index in [1.807, 2.05) is 48.7 Å². The van der Waals surface area contributed by atoms with E-state index in [0.717, 1.165) is 15.5 Å². The van der Waals surface area contributed by atoms with E-state index >= 15 is 0 Å². The molecule has 0 aliphatic heterocycles. The number of hydrogen-bond donors (Lipinski definition) is 3. The first-order valence-electron chi connectivity index (χ1n) is 12.2. The van der Waals surface area contributed by atoms with Crippen LogP contribution in [0.4, 0.5) is 11.4 Å². The number of hydrogen-bond acceptors (Lipinski definition) is 6. The highest BCUT2D eigenvalue weighted by atomic mass is 32.2. The zero-order valence-corrected chi connectivity index (χ0v) is 22.8. The fourth-order valence-corrected chi connectivity index (χ4v) is 4.88. The highest BCUT2D eigenvalue weighted by Gasteiger charge is 2.15. The van der Waals surface area contributed by atoms with Crippen molar-refractivity contribution in [1.29, 1.82) is 0 Å². The summed E-state index contributed by atoms with van der Waals surface area (Å²) in [6, 6.07) is 26.9. The fraction of sp³-hybridized carbons (Fsp3) is 0.100. The molecule has 0 radical (unpaired) electrons. The second kappa shape index (κ2) is 14.0. The maximum atomic E-state index is 13.2. The predicted octanol–water partition coefficient (Wildman–Crippen LogP) is 6.29. The fourth-order valence-electron chi connectivity index (χ4n) is 3.47. The van der Waals surface area contributed by atoms with Gasteiger partial charge >= 0.3 is 0 Å². The topological polar surface area (TPSA) is 96.5 Å². The normalized spacial score (nSPS) is 10.9. The van der Waals surface area contributed by atoms with Crippen molar-refractivity contribution in [3.63, 3.8) is 0 Å². The summed E-state index contributed by atoms with van der Waals surface area (Å²) < 4.78 is 5.42. The van der Waals surface area contributed by atoms with E-state index in [-0.39, 0.29) is 23.3 Å². The van der Waals surface area contributed by atoms with Crippen LogP contribution in [0.2, 0.25) is 0 Å². The number of rotatable bonds is 11. The quantitative estimate of drug-likeness (QED) is 0.149. The van der Waals surface area contributed by atoms with E-state index in [1.54, 1.807) is 60.7 Å². The summed E-state index contributed by atoms with van der Waals surface area (Å²) >= 11 is 2.81. The van der Waals surface area contributed by atoms with Crippen LogP contribution in [0.15, 0.2) is 107 Å². The summed E-state index contributed by atoms with van der Waals surface area (Å²) in [5.74, 6) is -0.0407. The van der Waals surface area contributed by atoms with Crippen molar-refractivity contribution in [3.05, 3.63) is 113 Å². The Kier molecular flexibility index (Phi) is 9.93. The third kappa shape index (κ3) is 8.59. The summed E-state index contributed by atoms with van der Waals surface area (Å²) in [4.78, 5) is 40.0. The first kappa shape index (κ1) is 27.7. The van der Waals surface area contributed by atoms with Gasteiger partial charge in [0.1, 0.15) is 11.4 Å². The van der Waals surface area contributed by atoms with Gasteiger partial charge in [-0.05, 0) is 79.0 Å². The molecule has 0 atom stereocenters. The number of anilines is 2. The zero-order valence-electron chi connectivity index (χ0n) is 21.2.